The van der Waals surface area contributed by atoms with E-state index in [0.717, 1.165) is 16.7 Å². The average Bonchev–Trinajstić information content (AvgIpc) is 2.78. The van der Waals surface area contributed by atoms with Crippen LogP contribution in [-0.4, -0.2) is 25.1 Å². The first-order chi connectivity index (χ1) is 15.0. The molecule has 0 aliphatic rings. The van der Waals surface area contributed by atoms with Gasteiger partial charge >= 0.3 is 5.97 Å². The Balaban J connectivity index is 1.50. The number of carbonyl (C=O) groups is 2. The number of ether oxygens (including phenoxy) is 2. The summed E-state index contributed by atoms with van der Waals surface area (Å²) in [7, 11) is 0. The third kappa shape index (κ3) is 6.71. The first-order valence-corrected chi connectivity index (χ1v) is 10.3. The highest BCUT2D eigenvalue weighted by Crippen LogP contribution is 2.25. The van der Waals surface area contributed by atoms with Gasteiger partial charge in [0, 0.05) is 5.69 Å². The molecule has 0 bridgehead atoms. The largest absolute Gasteiger partial charge is 0.482 e. The number of para-hydroxylation sites is 2. The van der Waals surface area contributed by atoms with Crippen molar-refractivity contribution in [3.8, 4) is 5.75 Å². The molecule has 3 aromatic carbocycles. The molecule has 1 amide bonds. The van der Waals surface area contributed by atoms with Crippen LogP contribution in [0.25, 0.3) is 0 Å². The minimum Gasteiger partial charge on any atom is -0.482 e. The molecule has 0 atom stereocenters. The number of hydrogen-bond acceptors (Lipinski definition) is 4. The summed E-state index contributed by atoms with van der Waals surface area (Å²) < 4.78 is 10.7. The summed E-state index contributed by atoms with van der Waals surface area (Å²) in [6.45, 7) is 3.50. The molecule has 0 heterocycles. The van der Waals surface area contributed by atoms with E-state index in [1.54, 1.807) is 0 Å². The van der Waals surface area contributed by atoms with Gasteiger partial charge in [-0.2, -0.15) is 0 Å². The van der Waals surface area contributed by atoms with E-state index < -0.39 is 11.9 Å². The van der Waals surface area contributed by atoms with E-state index in [4.69, 9.17) is 9.47 Å². The fourth-order valence-corrected chi connectivity index (χ4v) is 3.21. The molecule has 0 saturated heterocycles. The average molecular weight is 418 g/mol. The molecule has 5 heteroatoms. The molecule has 0 fully saturated rings. The molecule has 3 aromatic rings. The van der Waals surface area contributed by atoms with Crippen LogP contribution in [0, 0.1) is 0 Å². The van der Waals surface area contributed by atoms with Crippen LogP contribution in [0.5, 0.6) is 5.75 Å². The Hall–Kier alpha value is -3.60. The maximum atomic E-state index is 12.3. The van der Waals surface area contributed by atoms with Crippen molar-refractivity contribution in [2.75, 3.05) is 18.5 Å². The normalized spacial score (nSPS) is 10.5. The molecule has 160 valence electrons. The maximum Gasteiger partial charge on any atom is 0.344 e. The zero-order valence-corrected chi connectivity index (χ0v) is 17.8. The minimum absolute atomic E-state index is 0.248. The number of esters is 1. The number of rotatable bonds is 9. The van der Waals surface area contributed by atoms with Crippen LogP contribution in [0.2, 0.25) is 0 Å². The molecular weight excluding hydrogens is 390 g/mol. The van der Waals surface area contributed by atoms with Crippen LogP contribution in [0.3, 0.4) is 0 Å². The predicted molar refractivity (Wildman–Crippen MR) is 121 cm³/mol. The van der Waals surface area contributed by atoms with Crippen molar-refractivity contribution < 1.29 is 19.1 Å². The second-order valence-corrected chi connectivity index (χ2v) is 7.51. The Morgan fingerprint density at radius 2 is 1.52 bits per heavy atom. The molecule has 0 radical (unpaired) electrons. The fraction of sp³-hybridized carbons (Fsp3) is 0.231. The molecule has 31 heavy (non-hydrogen) atoms. The van der Waals surface area contributed by atoms with Crippen molar-refractivity contribution >= 4 is 17.6 Å². The zero-order valence-electron chi connectivity index (χ0n) is 17.8. The fourth-order valence-electron chi connectivity index (χ4n) is 3.21. The third-order valence-electron chi connectivity index (χ3n) is 4.78. The lowest BCUT2D eigenvalue weighted by Crippen LogP contribution is -2.24. The number of nitrogens with one attached hydrogen (secondary N) is 1. The van der Waals surface area contributed by atoms with E-state index in [1.807, 2.05) is 78.9 Å². The molecule has 0 saturated carbocycles. The van der Waals surface area contributed by atoms with E-state index in [1.165, 1.54) is 0 Å². The Kier molecular flexibility index (Phi) is 7.82. The van der Waals surface area contributed by atoms with Gasteiger partial charge in [0.25, 0.3) is 5.91 Å². The van der Waals surface area contributed by atoms with Gasteiger partial charge in [-0.25, -0.2) is 4.79 Å². The summed E-state index contributed by atoms with van der Waals surface area (Å²) in [4.78, 5) is 24.3. The van der Waals surface area contributed by atoms with Gasteiger partial charge in [0.2, 0.25) is 0 Å². The van der Waals surface area contributed by atoms with E-state index in [0.29, 0.717) is 17.9 Å². The van der Waals surface area contributed by atoms with E-state index >= 15 is 0 Å². The number of carbonyl (C=O) groups excluding carboxylic acids is 2. The number of anilines is 1. The van der Waals surface area contributed by atoms with Gasteiger partial charge in [0.05, 0.1) is 0 Å². The topological polar surface area (TPSA) is 64.6 Å². The van der Waals surface area contributed by atoms with E-state index in [9.17, 15) is 9.59 Å². The van der Waals surface area contributed by atoms with Crippen molar-refractivity contribution in [2.24, 2.45) is 0 Å². The smallest absolute Gasteiger partial charge is 0.344 e. The Bertz CT molecular complexity index is 1010. The third-order valence-corrected chi connectivity index (χ3v) is 4.78. The van der Waals surface area contributed by atoms with Crippen molar-refractivity contribution in [2.45, 2.75) is 26.2 Å². The van der Waals surface area contributed by atoms with Crippen molar-refractivity contribution in [1.82, 2.24) is 0 Å². The second kappa shape index (κ2) is 11.0. The Morgan fingerprint density at radius 3 is 2.29 bits per heavy atom. The van der Waals surface area contributed by atoms with Gasteiger partial charge in [0.1, 0.15) is 5.75 Å². The molecule has 1 N–H and O–H groups in total. The van der Waals surface area contributed by atoms with Crippen LogP contribution in [0.15, 0.2) is 78.9 Å². The lowest BCUT2D eigenvalue weighted by molar-refractivity contribution is -0.149. The molecule has 0 spiro atoms. The van der Waals surface area contributed by atoms with Gasteiger partial charge < -0.3 is 14.8 Å². The second-order valence-electron chi connectivity index (χ2n) is 7.51. The first-order valence-electron chi connectivity index (χ1n) is 10.3. The van der Waals surface area contributed by atoms with Gasteiger partial charge in [-0.3, -0.25) is 4.79 Å². The van der Waals surface area contributed by atoms with Crippen molar-refractivity contribution in [3.05, 3.63) is 95.6 Å². The van der Waals surface area contributed by atoms with Crippen molar-refractivity contribution in [3.63, 3.8) is 0 Å². The molecule has 3 rings (SSSR count). The van der Waals surface area contributed by atoms with Gasteiger partial charge in [0.15, 0.2) is 13.2 Å². The number of amides is 1. The van der Waals surface area contributed by atoms with Crippen LogP contribution in [0.4, 0.5) is 5.69 Å². The minimum atomic E-state index is -0.591. The van der Waals surface area contributed by atoms with Gasteiger partial charge in [-0.15, -0.1) is 0 Å². The quantitative estimate of drug-likeness (QED) is 0.500. The number of benzene rings is 3. The molecule has 0 aromatic heterocycles. The highest BCUT2D eigenvalue weighted by molar-refractivity contribution is 5.93. The van der Waals surface area contributed by atoms with Crippen LogP contribution in [-0.2, 0) is 20.7 Å². The van der Waals surface area contributed by atoms with Crippen LogP contribution < -0.4 is 10.1 Å². The summed E-state index contributed by atoms with van der Waals surface area (Å²) in [6, 6.07) is 25.2. The van der Waals surface area contributed by atoms with Gasteiger partial charge in [-0.1, -0.05) is 80.6 Å². The highest BCUT2D eigenvalue weighted by atomic mass is 16.6. The van der Waals surface area contributed by atoms with E-state index in [2.05, 4.69) is 19.2 Å². The molecule has 0 unspecified atom stereocenters. The first kappa shape index (κ1) is 22.1. The summed E-state index contributed by atoms with van der Waals surface area (Å²) in [6.07, 6.45) is 0.695. The summed E-state index contributed by atoms with van der Waals surface area (Å²) in [5, 5.41) is 2.83. The van der Waals surface area contributed by atoms with Crippen LogP contribution in [0.1, 0.15) is 36.5 Å². The van der Waals surface area contributed by atoms with Crippen LogP contribution >= 0.6 is 0 Å². The lowest BCUT2D eigenvalue weighted by Gasteiger charge is -2.14. The van der Waals surface area contributed by atoms with Gasteiger partial charge in [-0.05, 0) is 41.2 Å². The molecule has 0 aliphatic carbocycles. The summed E-state index contributed by atoms with van der Waals surface area (Å²) >= 11 is 0. The number of hydrogen-bond donors (Lipinski definition) is 1. The predicted octanol–water partition coefficient (Wildman–Crippen LogP) is 4.96. The summed E-state index contributed by atoms with van der Waals surface area (Å²) in [5.74, 6) is -0.0644. The SMILES string of the molecule is CC(C)c1ccccc1OCC(=O)OCC(=O)Nc1ccccc1Cc1ccccc1. The molecular formula is C26H27NO4. The zero-order chi connectivity index (χ0) is 22.1. The Morgan fingerprint density at radius 1 is 0.839 bits per heavy atom. The Labute approximate surface area is 183 Å². The van der Waals surface area contributed by atoms with Crippen molar-refractivity contribution in [1.29, 1.82) is 0 Å². The molecule has 5 nitrogen and oxygen atoms in total. The highest BCUT2D eigenvalue weighted by Gasteiger charge is 2.13. The maximum absolute atomic E-state index is 12.3. The monoisotopic (exact) mass is 417 g/mol. The lowest BCUT2D eigenvalue weighted by atomic mass is 10.0. The summed E-state index contributed by atoms with van der Waals surface area (Å²) in [5.41, 5.74) is 3.86. The molecule has 0 aliphatic heterocycles. The standard InChI is InChI=1S/C26H27NO4/c1-19(2)22-13-7-9-15-24(22)30-18-26(29)31-17-25(28)27-23-14-8-6-12-21(23)16-20-10-4-3-5-11-20/h3-15,19H,16-18H2,1-2H3,(H,27,28). The van der Waals surface area contributed by atoms with E-state index in [-0.39, 0.29) is 19.1 Å².